The summed E-state index contributed by atoms with van der Waals surface area (Å²) in [7, 11) is -0.00408. The summed E-state index contributed by atoms with van der Waals surface area (Å²) in [6, 6.07) is 22.9. The molecular formula is C31H38N4O3S. The number of nitrogens with zero attached hydrogens (tertiary/aromatic N) is 3. The van der Waals surface area contributed by atoms with Crippen molar-refractivity contribution in [2.24, 2.45) is 4.99 Å². The van der Waals surface area contributed by atoms with E-state index in [0.717, 1.165) is 30.6 Å². The Bertz CT molecular complexity index is 1430. The van der Waals surface area contributed by atoms with Crippen LogP contribution in [0, 0.1) is 0 Å². The summed E-state index contributed by atoms with van der Waals surface area (Å²) in [6.45, 7) is 7.62. The highest BCUT2D eigenvalue weighted by Gasteiger charge is 2.37. The number of benzene rings is 3. The molecule has 0 saturated heterocycles. The quantitative estimate of drug-likeness (QED) is 0.308. The van der Waals surface area contributed by atoms with Gasteiger partial charge in [0.1, 0.15) is 5.92 Å². The van der Waals surface area contributed by atoms with Crippen molar-refractivity contribution in [3.05, 3.63) is 89.5 Å². The zero-order chi connectivity index (χ0) is 28.2. The fourth-order valence-electron chi connectivity index (χ4n) is 4.54. The van der Waals surface area contributed by atoms with Gasteiger partial charge in [0.2, 0.25) is 15.9 Å². The third-order valence-corrected chi connectivity index (χ3v) is 9.08. The molecule has 0 aliphatic carbocycles. The molecule has 8 heteroatoms. The first-order chi connectivity index (χ1) is 18.6. The molecule has 206 valence electrons. The standard InChI is InChI=1S/C31H38N4O3S/c1-6-7-19-35(5)39(37,38)26-17-18-28-27(20-26)29(31(36)33-28)30(24-11-9-8-10-12-24)32-25-15-13-23(14-16-25)21-34(4)22(2)3/h8-18,20,22,29H,6-7,19,21H2,1-5H3,(H,33,36). The van der Waals surface area contributed by atoms with Crippen LogP contribution in [-0.4, -0.2) is 55.9 Å². The topological polar surface area (TPSA) is 82.1 Å². The summed E-state index contributed by atoms with van der Waals surface area (Å²) in [5.41, 5.74) is 4.51. The van der Waals surface area contributed by atoms with E-state index in [4.69, 9.17) is 4.99 Å². The van der Waals surface area contributed by atoms with Crippen LogP contribution in [-0.2, 0) is 21.4 Å². The van der Waals surface area contributed by atoms with E-state index in [1.54, 1.807) is 25.2 Å². The molecule has 1 heterocycles. The van der Waals surface area contributed by atoms with Gasteiger partial charge in [0, 0.05) is 31.9 Å². The average Bonchev–Trinajstić information content (AvgIpc) is 3.26. The summed E-state index contributed by atoms with van der Waals surface area (Å²) < 4.78 is 28.0. The Morgan fingerprint density at radius 2 is 1.69 bits per heavy atom. The SMILES string of the molecule is CCCCN(C)S(=O)(=O)c1ccc2c(c1)C(C(=Nc1ccc(CN(C)C(C)C)cc1)c1ccccc1)C(=O)N2. The fourth-order valence-corrected chi connectivity index (χ4v) is 5.79. The number of hydrogen-bond donors (Lipinski definition) is 1. The van der Waals surface area contributed by atoms with Gasteiger partial charge in [-0.05, 0) is 74.3 Å². The Morgan fingerprint density at radius 1 is 1.00 bits per heavy atom. The number of aliphatic imine (C=N–C) groups is 1. The summed E-state index contributed by atoms with van der Waals surface area (Å²) in [5, 5.41) is 2.93. The summed E-state index contributed by atoms with van der Waals surface area (Å²) in [6.07, 6.45) is 1.68. The normalized spacial score (nSPS) is 15.7. The summed E-state index contributed by atoms with van der Waals surface area (Å²) >= 11 is 0. The van der Waals surface area contributed by atoms with Gasteiger partial charge in [-0.1, -0.05) is 55.8 Å². The van der Waals surface area contributed by atoms with Gasteiger partial charge in [-0.25, -0.2) is 12.7 Å². The molecule has 1 unspecified atom stereocenters. The maximum absolute atomic E-state index is 13.4. The third kappa shape index (κ3) is 6.46. The first kappa shape index (κ1) is 28.7. The van der Waals surface area contributed by atoms with E-state index in [1.807, 2.05) is 49.4 Å². The fraction of sp³-hybridized carbons (Fsp3) is 0.355. The molecule has 0 aromatic heterocycles. The summed E-state index contributed by atoms with van der Waals surface area (Å²) in [4.78, 5) is 20.8. The van der Waals surface area contributed by atoms with Gasteiger partial charge in [0.05, 0.1) is 16.3 Å². The monoisotopic (exact) mass is 546 g/mol. The Kier molecular flexibility index (Phi) is 9.00. The van der Waals surface area contributed by atoms with E-state index < -0.39 is 15.9 Å². The minimum Gasteiger partial charge on any atom is -0.325 e. The molecule has 39 heavy (non-hydrogen) atoms. The minimum atomic E-state index is -3.69. The lowest BCUT2D eigenvalue weighted by Crippen LogP contribution is -2.28. The van der Waals surface area contributed by atoms with Gasteiger partial charge in [-0.3, -0.25) is 14.7 Å². The third-order valence-electron chi connectivity index (χ3n) is 7.23. The minimum absolute atomic E-state index is 0.174. The first-order valence-electron chi connectivity index (χ1n) is 13.5. The number of carbonyl (C=O) groups is 1. The van der Waals surface area contributed by atoms with E-state index in [-0.39, 0.29) is 10.8 Å². The number of fused-ring (bicyclic) bond motifs is 1. The van der Waals surface area contributed by atoms with Gasteiger partial charge in [0.15, 0.2) is 0 Å². The van der Waals surface area contributed by atoms with Gasteiger partial charge < -0.3 is 5.32 Å². The molecule has 0 spiro atoms. The predicted octanol–water partition coefficient (Wildman–Crippen LogP) is 5.80. The number of rotatable bonds is 11. The van der Waals surface area contributed by atoms with Crippen molar-refractivity contribution in [3.8, 4) is 0 Å². The molecule has 1 aliphatic heterocycles. The lowest BCUT2D eigenvalue weighted by Gasteiger charge is -2.21. The molecule has 1 atom stereocenters. The first-order valence-corrected chi connectivity index (χ1v) is 14.9. The van der Waals surface area contributed by atoms with E-state index in [1.165, 1.54) is 9.87 Å². The Balaban J connectivity index is 1.75. The van der Waals surface area contributed by atoms with E-state index >= 15 is 0 Å². The van der Waals surface area contributed by atoms with Crippen molar-refractivity contribution in [1.29, 1.82) is 0 Å². The number of amides is 1. The van der Waals surface area contributed by atoms with Crippen molar-refractivity contribution in [3.63, 3.8) is 0 Å². The molecule has 0 saturated carbocycles. The van der Waals surface area contributed by atoms with Crippen LogP contribution in [0.1, 0.15) is 56.2 Å². The van der Waals surface area contributed by atoms with Crippen LogP contribution in [0.4, 0.5) is 11.4 Å². The largest absolute Gasteiger partial charge is 0.325 e. The summed E-state index contributed by atoms with van der Waals surface area (Å²) in [5.74, 6) is -0.970. The van der Waals surface area contributed by atoms with Gasteiger partial charge in [-0.15, -0.1) is 0 Å². The molecule has 1 N–H and O–H groups in total. The number of unbranched alkanes of at least 4 members (excludes halogenated alkanes) is 1. The Morgan fingerprint density at radius 3 is 2.33 bits per heavy atom. The smallest absolute Gasteiger partial charge is 0.242 e. The molecule has 3 aromatic rings. The van der Waals surface area contributed by atoms with E-state index in [9.17, 15) is 13.2 Å². The maximum atomic E-state index is 13.4. The van der Waals surface area contributed by atoms with Crippen LogP contribution in [0.25, 0.3) is 0 Å². The van der Waals surface area contributed by atoms with Crippen LogP contribution in [0.15, 0.2) is 82.7 Å². The number of sulfonamides is 1. The molecule has 0 bridgehead atoms. The average molecular weight is 547 g/mol. The van der Waals surface area contributed by atoms with Crippen molar-refractivity contribution >= 4 is 33.0 Å². The highest BCUT2D eigenvalue weighted by molar-refractivity contribution is 7.89. The van der Waals surface area contributed by atoms with E-state index in [2.05, 4.69) is 43.2 Å². The molecule has 1 amide bonds. The highest BCUT2D eigenvalue weighted by atomic mass is 32.2. The lowest BCUT2D eigenvalue weighted by molar-refractivity contribution is -0.115. The number of anilines is 1. The Labute approximate surface area is 232 Å². The van der Waals surface area contributed by atoms with Crippen molar-refractivity contribution in [1.82, 2.24) is 9.21 Å². The number of hydrogen-bond acceptors (Lipinski definition) is 5. The van der Waals surface area contributed by atoms with E-state index in [0.29, 0.717) is 29.5 Å². The molecule has 1 aliphatic rings. The van der Waals surface area contributed by atoms with Crippen LogP contribution in [0.5, 0.6) is 0 Å². The zero-order valence-corrected chi connectivity index (χ0v) is 24.2. The lowest BCUT2D eigenvalue weighted by atomic mass is 9.90. The highest BCUT2D eigenvalue weighted by Crippen LogP contribution is 2.38. The predicted molar refractivity (Wildman–Crippen MR) is 158 cm³/mol. The number of nitrogens with one attached hydrogen (secondary N) is 1. The molecular weight excluding hydrogens is 508 g/mol. The van der Waals surface area contributed by atoms with Crippen molar-refractivity contribution in [2.45, 2.75) is 57.0 Å². The van der Waals surface area contributed by atoms with Crippen molar-refractivity contribution in [2.75, 3.05) is 26.0 Å². The van der Waals surface area contributed by atoms with Crippen LogP contribution >= 0.6 is 0 Å². The maximum Gasteiger partial charge on any atom is 0.242 e. The van der Waals surface area contributed by atoms with Crippen LogP contribution in [0.3, 0.4) is 0 Å². The zero-order valence-electron chi connectivity index (χ0n) is 23.4. The number of carbonyl (C=O) groups excluding carboxylic acids is 1. The van der Waals surface area contributed by atoms with Gasteiger partial charge in [0.25, 0.3) is 0 Å². The van der Waals surface area contributed by atoms with Crippen LogP contribution < -0.4 is 5.32 Å². The molecule has 0 fully saturated rings. The second-order valence-electron chi connectivity index (χ2n) is 10.4. The molecule has 7 nitrogen and oxygen atoms in total. The van der Waals surface area contributed by atoms with Gasteiger partial charge in [-0.2, -0.15) is 0 Å². The molecule has 3 aromatic carbocycles. The second-order valence-corrected chi connectivity index (χ2v) is 12.4. The molecule has 4 rings (SSSR count). The van der Waals surface area contributed by atoms with Gasteiger partial charge >= 0.3 is 0 Å². The second kappa shape index (κ2) is 12.2. The van der Waals surface area contributed by atoms with Crippen molar-refractivity contribution < 1.29 is 13.2 Å². The van der Waals surface area contributed by atoms with Crippen LogP contribution in [0.2, 0.25) is 0 Å². The Hall–Kier alpha value is -3.33. The molecule has 0 radical (unpaired) electrons.